The Morgan fingerprint density at radius 1 is 1.31 bits per heavy atom. The van der Waals surface area contributed by atoms with Gasteiger partial charge in [-0.25, -0.2) is 4.39 Å². The van der Waals surface area contributed by atoms with Crippen molar-refractivity contribution in [1.29, 1.82) is 0 Å². The van der Waals surface area contributed by atoms with Gasteiger partial charge in [0.1, 0.15) is 12.4 Å². The first-order valence-electron chi connectivity index (χ1n) is 4.99. The molecule has 82 valence electrons. The quantitative estimate of drug-likeness (QED) is 0.738. The van der Waals surface area contributed by atoms with E-state index in [4.69, 9.17) is 0 Å². The van der Waals surface area contributed by atoms with Gasteiger partial charge < -0.3 is 0 Å². The number of carbonyl (C=O) groups excluding carboxylic acids is 1. The molecule has 0 radical (unpaired) electrons. The van der Waals surface area contributed by atoms with Crippen molar-refractivity contribution >= 4 is 6.29 Å². The maximum Gasteiger partial charge on any atom is 0.168 e. The van der Waals surface area contributed by atoms with Crippen LogP contribution in [0.3, 0.4) is 0 Å². The van der Waals surface area contributed by atoms with E-state index in [-0.39, 0.29) is 6.54 Å². The Bertz CT molecular complexity index is 479. The van der Waals surface area contributed by atoms with E-state index in [0.29, 0.717) is 17.7 Å². The van der Waals surface area contributed by atoms with Crippen LogP contribution in [0.5, 0.6) is 0 Å². The third-order valence-electron chi connectivity index (χ3n) is 2.30. The second-order valence-electron chi connectivity index (χ2n) is 3.35. The van der Waals surface area contributed by atoms with Crippen LogP contribution in [0.15, 0.2) is 36.4 Å². The molecule has 16 heavy (non-hydrogen) atoms. The molecule has 0 aliphatic heterocycles. The Balaban J connectivity index is 2.40. The molecule has 1 aromatic heterocycles. The van der Waals surface area contributed by atoms with Gasteiger partial charge in [0, 0.05) is 5.56 Å². The van der Waals surface area contributed by atoms with Gasteiger partial charge in [-0.05, 0) is 6.07 Å². The Morgan fingerprint density at radius 3 is 2.69 bits per heavy atom. The second-order valence-corrected chi connectivity index (χ2v) is 3.35. The highest BCUT2D eigenvalue weighted by molar-refractivity contribution is 5.75. The third-order valence-corrected chi connectivity index (χ3v) is 2.30. The van der Waals surface area contributed by atoms with Gasteiger partial charge in [-0.2, -0.15) is 5.10 Å². The highest BCUT2D eigenvalue weighted by Gasteiger charge is 2.07. The van der Waals surface area contributed by atoms with E-state index in [9.17, 15) is 9.18 Å². The number of alkyl halides is 1. The summed E-state index contributed by atoms with van der Waals surface area (Å²) >= 11 is 0. The average molecular weight is 218 g/mol. The Hall–Kier alpha value is -1.97. The minimum atomic E-state index is -0.531. The summed E-state index contributed by atoms with van der Waals surface area (Å²) in [5.74, 6) is 0. The topological polar surface area (TPSA) is 34.9 Å². The molecule has 1 aromatic carbocycles. The second kappa shape index (κ2) is 4.70. The third kappa shape index (κ3) is 2.00. The minimum absolute atomic E-state index is 0.112. The summed E-state index contributed by atoms with van der Waals surface area (Å²) in [5, 5.41) is 4.19. The lowest BCUT2D eigenvalue weighted by Crippen LogP contribution is -2.05. The molecule has 0 aliphatic carbocycles. The van der Waals surface area contributed by atoms with Crippen LogP contribution in [0.1, 0.15) is 10.5 Å². The van der Waals surface area contributed by atoms with Crippen molar-refractivity contribution in [2.24, 2.45) is 0 Å². The fourth-order valence-electron chi connectivity index (χ4n) is 1.54. The lowest BCUT2D eigenvalue weighted by molar-refractivity contribution is 0.111. The van der Waals surface area contributed by atoms with Crippen LogP contribution in [-0.4, -0.2) is 22.7 Å². The van der Waals surface area contributed by atoms with Crippen molar-refractivity contribution in [1.82, 2.24) is 9.78 Å². The number of halogens is 1. The molecule has 4 heteroatoms. The van der Waals surface area contributed by atoms with Crippen molar-refractivity contribution in [2.45, 2.75) is 6.54 Å². The maximum atomic E-state index is 12.2. The number of nitrogens with zero attached hydrogens (tertiary/aromatic N) is 2. The van der Waals surface area contributed by atoms with Crippen LogP contribution in [0.2, 0.25) is 0 Å². The zero-order valence-electron chi connectivity index (χ0n) is 8.64. The Kier molecular flexibility index (Phi) is 3.10. The monoisotopic (exact) mass is 218 g/mol. The largest absolute Gasteiger partial charge is 0.296 e. The van der Waals surface area contributed by atoms with Gasteiger partial charge in [-0.1, -0.05) is 30.3 Å². The summed E-state index contributed by atoms with van der Waals surface area (Å²) in [7, 11) is 0. The molecule has 1 heterocycles. The van der Waals surface area contributed by atoms with Crippen LogP contribution >= 0.6 is 0 Å². The van der Waals surface area contributed by atoms with E-state index >= 15 is 0 Å². The van der Waals surface area contributed by atoms with E-state index in [2.05, 4.69) is 5.10 Å². The van der Waals surface area contributed by atoms with E-state index in [0.717, 1.165) is 5.56 Å². The summed E-state index contributed by atoms with van der Waals surface area (Å²) in [6.45, 7) is -0.419. The normalized spacial score (nSPS) is 10.3. The molecule has 0 saturated heterocycles. The fourth-order valence-corrected chi connectivity index (χ4v) is 1.54. The number of aryl methyl sites for hydroxylation is 1. The van der Waals surface area contributed by atoms with Crippen LogP contribution in [0.4, 0.5) is 4.39 Å². The van der Waals surface area contributed by atoms with Gasteiger partial charge in [0.25, 0.3) is 0 Å². The van der Waals surface area contributed by atoms with Gasteiger partial charge in [0.2, 0.25) is 0 Å². The number of aromatic nitrogens is 2. The maximum absolute atomic E-state index is 12.2. The Labute approximate surface area is 92.5 Å². The average Bonchev–Trinajstić information content (AvgIpc) is 2.74. The van der Waals surface area contributed by atoms with Crippen molar-refractivity contribution in [3.05, 3.63) is 42.1 Å². The fraction of sp³-hybridized carbons (Fsp3) is 0.167. The van der Waals surface area contributed by atoms with E-state index in [1.165, 1.54) is 4.68 Å². The molecular formula is C12H11FN2O. The highest BCUT2D eigenvalue weighted by atomic mass is 19.1. The first-order chi connectivity index (χ1) is 7.85. The van der Waals surface area contributed by atoms with E-state index in [1.54, 1.807) is 6.07 Å². The molecule has 0 atom stereocenters. The van der Waals surface area contributed by atoms with Gasteiger partial charge in [-0.3, -0.25) is 9.48 Å². The van der Waals surface area contributed by atoms with Crippen LogP contribution in [-0.2, 0) is 6.54 Å². The SMILES string of the molecule is O=Cc1cc(-c2ccccc2)nn1CCF. The number of hydrogen-bond acceptors (Lipinski definition) is 2. The molecule has 0 N–H and O–H groups in total. The zero-order chi connectivity index (χ0) is 11.4. The number of hydrogen-bond donors (Lipinski definition) is 0. The summed E-state index contributed by atoms with van der Waals surface area (Å²) < 4.78 is 13.6. The van der Waals surface area contributed by atoms with Gasteiger partial charge >= 0.3 is 0 Å². The summed E-state index contributed by atoms with van der Waals surface area (Å²) in [6, 6.07) is 11.2. The van der Waals surface area contributed by atoms with Crippen molar-refractivity contribution in [3.8, 4) is 11.3 Å². The highest BCUT2D eigenvalue weighted by Crippen LogP contribution is 2.17. The molecule has 0 fully saturated rings. The molecule has 0 saturated carbocycles. The number of benzene rings is 1. The van der Waals surface area contributed by atoms with Crippen LogP contribution in [0, 0.1) is 0 Å². The number of carbonyl (C=O) groups is 1. The molecular weight excluding hydrogens is 207 g/mol. The van der Waals surface area contributed by atoms with E-state index in [1.807, 2.05) is 30.3 Å². The van der Waals surface area contributed by atoms with Crippen molar-refractivity contribution in [2.75, 3.05) is 6.67 Å². The lowest BCUT2D eigenvalue weighted by atomic mass is 10.1. The number of aldehydes is 1. The zero-order valence-corrected chi connectivity index (χ0v) is 8.64. The number of rotatable bonds is 4. The molecule has 2 aromatic rings. The van der Waals surface area contributed by atoms with Crippen LogP contribution < -0.4 is 0 Å². The molecule has 0 bridgehead atoms. The molecule has 0 spiro atoms. The minimum Gasteiger partial charge on any atom is -0.296 e. The van der Waals surface area contributed by atoms with Crippen molar-refractivity contribution < 1.29 is 9.18 Å². The predicted octanol–water partition coefficient (Wildman–Crippen LogP) is 2.33. The lowest BCUT2D eigenvalue weighted by Gasteiger charge is -1.98. The first-order valence-corrected chi connectivity index (χ1v) is 4.99. The van der Waals surface area contributed by atoms with Gasteiger partial charge in [-0.15, -0.1) is 0 Å². The summed E-state index contributed by atoms with van der Waals surface area (Å²) in [5.41, 5.74) is 2.01. The standard InChI is InChI=1S/C12H11FN2O/c13-6-7-15-11(9-16)8-12(14-15)10-4-2-1-3-5-10/h1-5,8-9H,6-7H2. The molecule has 2 rings (SSSR count). The smallest absolute Gasteiger partial charge is 0.168 e. The predicted molar refractivity (Wildman–Crippen MR) is 59.0 cm³/mol. The van der Waals surface area contributed by atoms with Gasteiger partial charge in [0.05, 0.1) is 12.2 Å². The molecule has 0 aliphatic rings. The van der Waals surface area contributed by atoms with Gasteiger partial charge in [0.15, 0.2) is 6.29 Å². The molecule has 3 nitrogen and oxygen atoms in total. The first kappa shape index (κ1) is 10.5. The molecule has 0 unspecified atom stereocenters. The van der Waals surface area contributed by atoms with E-state index < -0.39 is 6.67 Å². The molecule has 0 amide bonds. The van der Waals surface area contributed by atoms with Crippen molar-refractivity contribution in [3.63, 3.8) is 0 Å². The Morgan fingerprint density at radius 2 is 2.06 bits per heavy atom. The van der Waals surface area contributed by atoms with Crippen LogP contribution in [0.25, 0.3) is 11.3 Å². The summed E-state index contributed by atoms with van der Waals surface area (Å²) in [4.78, 5) is 10.8. The summed E-state index contributed by atoms with van der Waals surface area (Å²) in [6.07, 6.45) is 0.690.